The number of amides is 1. The minimum Gasteiger partial charge on any atom is -0.447 e. The summed E-state index contributed by atoms with van der Waals surface area (Å²) < 4.78 is 11.2. The Balaban J connectivity index is 1.14. The number of piperazine rings is 1. The average molecular weight is 429 g/mol. The normalized spacial score (nSPS) is 19.1. The fourth-order valence-corrected chi connectivity index (χ4v) is 4.12. The highest BCUT2D eigenvalue weighted by Gasteiger charge is 2.24. The van der Waals surface area contributed by atoms with E-state index in [0.717, 1.165) is 57.7 Å². The number of aromatic nitrogens is 1. The molecule has 0 radical (unpaired) electrons. The molecule has 0 aliphatic carbocycles. The zero-order valence-electron chi connectivity index (χ0n) is 18.0. The highest BCUT2D eigenvalue weighted by atomic mass is 16.5. The van der Waals surface area contributed by atoms with Crippen molar-refractivity contribution in [2.24, 2.45) is 0 Å². The van der Waals surface area contributed by atoms with Crippen LogP contribution in [0.15, 0.2) is 41.0 Å². The molecule has 2 fully saturated rings. The van der Waals surface area contributed by atoms with Crippen molar-refractivity contribution in [3.8, 4) is 0 Å². The van der Waals surface area contributed by atoms with Crippen LogP contribution in [0.2, 0.25) is 0 Å². The van der Waals surface area contributed by atoms with Crippen molar-refractivity contribution in [3.63, 3.8) is 0 Å². The van der Waals surface area contributed by atoms with Crippen molar-refractivity contribution in [2.45, 2.75) is 32.1 Å². The molecule has 2 saturated heterocycles. The standard InChI is InChI=1S/C23H32N4O4/c28-20(17-30-16-19-6-2-1-3-7-19)14-25-10-12-26(13-11-25)15-22-24-21(18-31-22)23(29)27-8-4-5-9-27/h1-3,6-7,18,20,28H,4-5,8-17H2. The molecule has 168 valence electrons. The second-order valence-corrected chi connectivity index (χ2v) is 8.36. The van der Waals surface area contributed by atoms with E-state index in [1.807, 2.05) is 35.2 Å². The van der Waals surface area contributed by atoms with Crippen molar-refractivity contribution < 1.29 is 19.1 Å². The Hall–Kier alpha value is -2.26. The number of carbonyl (C=O) groups is 1. The van der Waals surface area contributed by atoms with E-state index in [0.29, 0.717) is 37.9 Å². The molecule has 4 rings (SSSR count). The predicted octanol–water partition coefficient (Wildman–Crippen LogP) is 1.61. The van der Waals surface area contributed by atoms with Gasteiger partial charge in [-0.3, -0.25) is 14.6 Å². The lowest BCUT2D eigenvalue weighted by Gasteiger charge is -2.34. The van der Waals surface area contributed by atoms with Crippen LogP contribution in [0, 0.1) is 0 Å². The molecule has 1 unspecified atom stereocenters. The number of ether oxygens (including phenoxy) is 1. The van der Waals surface area contributed by atoms with Crippen LogP contribution in [0.5, 0.6) is 0 Å². The summed E-state index contributed by atoms with van der Waals surface area (Å²) in [6.07, 6.45) is 3.11. The van der Waals surface area contributed by atoms with Gasteiger partial charge in [0.2, 0.25) is 5.89 Å². The molecule has 2 aliphatic rings. The van der Waals surface area contributed by atoms with Gasteiger partial charge in [0.25, 0.3) is 5.91 Å². The molecule has 1 aromatic carbocycles. The quantitative estimate of drug-likeness (QED) is 0.650. The van der Waals surface area contributed by atoms with Crippen molar-refractivity contribution in [3.05, 3.63) is 53.7 Å². The molecule has 1 N–H and O–H groups in total. The zero-order chi connectivity index (χ0) is 21.5. The van der Waals surface area contributed by atoms with Crippen LogP contribution in [0.25, 0.3) is 0 Å². The highest BCUT2D eigenvalue weighted by Crippen LogP contribution is 2.14. The SMILES string of the molecule is O=C(c1coc(CN2CCN(CC(O)COCc3ccccc3)CC2)n1)N1CCCC1. The zero-order valence-corrected chi connectivity index (χ0v) is 18.0. The second kappa shape index (κ2) is 10.9. The molecule has 8 heteroatoms. The molecule has 2 aromatic rings. The van der Waals surface area contributed by atoms with Gasteiger partial charge in [-0.25, -0.2) is 4.98 Å². The summed E-state index contributed by atoms with van der Waals surface area (Å²) in [6.45, 7) is 7.17. The van der Waals surface area contributed by atoms with Gasteiger partial charge in [0.1, 0.15) is 6.26 Å². The third-order valence-corrected chi connectivity index (χ3v) is 5.88. The predicted molar refractivity (Wildman–Crippen MR) is 115 cm³/mol. The first-order valence-electron chi connectivity index (χ1n) is 11.2. The van der Waals surface area contributed by atoms with Crippen LogP contribution in [0.1, 0.15) is 34.8 Å². The second-order valence-electron chi connectivity index (χ2n) is 8.36. The van der Waals surface area contributed by atoms with Gasteiger partial charge in [-0.05, 0) is 18.4 Å². The maximum Gasteiger partial charge on any atom is 0.275 e. The number of oxazole rings is 1. The van der Waals surface area contributed by atoms with Gasteiger partial charge in [0.05, 0.1) is 25.9 Å². The van der Waals surface area contributed by atoms with Crippen LogP contribution < -0.4 is 0 Å². The number of carbonyl (C=O) groups excluding carboxylic acids is 1. The topological polar surface area (TPSA) is 82.3 Å². The molecule has 1 atom stereocenters. The maximum atomic E-state index is 12.4. The fraction of sp³-hybridized carbons (Fsp3) is 0.565. The molecule has 0 saturated carbocycles. The van der Waals surface area contributed by atoms with E-state index >= 15 is 0 Å². The lowest BCUT2D eigenvalue weighted by molar-refractivity contribution is 0.000371. The van der Waals surface area contributed by atoms with Crippen LogP contribution in [-0.2, 0) is 17.9 Å². The number of hydrogen-bond acceptors (Lipinski definition) is 7. The Labute approximate surface area is 183 Å². The average Bonchev–Trinajstić information content (AvgIpc) is 3.48. The van der Waals surface area contributed by atoms with Crippen LogP contribution in [-0.4, -0.2) is 89.2 Å². The molecule has 0 spiro atoms. The summed E-state index contributed by atoms with van der Waals surface area (Å²) in [4.78, 5) is 23.2. The molecular weight excluding hydrogens is 396 g/mol. The van der Waals surface area contributed by atoms with Gasteiger partial charge in [-0.2, -0.15) is 0 Å². The Bertz CT molecular complexity index is 814. The Morgan fingerprint density at radius 1 is 1.06 bits per heavy atom. The van der Waals surface area contributed by atoms with E-state index in [-0.39, 0.29) is 5.91 Å². The third-order valence-electron chi connectivity index (χ3n) is 5.88. The molecule has 8 nitrogen and oxygen atoms in total. The number of aliphatic hydroxyl groups is 1. The summed E-state index contributed by atoms with van der Waals surface area (Å²) in [5.41, 5.74) is 1.52. The van der Waals surface area contributed by atoms with E-state index in [1.54, 1.807) is 0 Å². The van der Waals surface area contributed by atoms with Gasteiger partial charge in [-0.1, -0.05) is 30.3 Å². The number of nitrogens with zero attached hydrogens (tertiary/aromatic N) is 4. The number of rotatable bonds is 9. The fourth-order valence-electron chi connectivity index (χ4n) is 4.12. The minimum atomic E-state index is -0.499. The van der Waals surface area contributed by atoms with E-state index in [1.165, 1.54) is 6.26 Å². The number of β-amino-alcohol motifs (C(OH)–C–C–N with tert-alkyl or cyclic N) is 1. The number of benzene rings is 1. The highest BCUT2D eigenvalue weighted by molar-refractivity contribution is 5.92. The van der Waals surface area contributed by atoms with Crippen molar-refractivity contribution in [2.75, 3.05) is 52.4 Å². The summed E-state index contributed by atoms with van der Waals surface area (Å²) in [6, 6.07) is 9.99. The lowest BCUT2D eigenvalue weighted by atomic mass is 10.2. The van der Waals surface area contributed by atoms with Crippen molar-refractivity contribution in [1.82, 2.24) is 19.7 Å². The van der Waals surface area contributed by atoms with E-state index in [4.69, 9.17) is 9.15 Å². The molecule has 0 bridgehead atoms. The lowest BCUT2D eigenvalue weighted by Crippen LogP contribution is -2.48. The Kier molecular flexibility index (Phi) is 7.69. The van der Waals surface area contributed by atoms with Crippen molar-refractivity contribution >= 4 is 5.91 Å². The molecule has 31 heavy (non-hydrogen) atoms. The molecular formula is C23H32N4O4. The first-order chi connectivity index (χ1) is 15.2. The van der Waals surface area contributed by atoms with Gasteiger partial charge in [0, 0.05) is 45.8 Å². The minimum absolute atomic E-state index is 0.0270. The maximum absolute atomic E-state index is 12.4. The van der Waals surface area contributed by atoms with Gasteiger partial charge in [-0.15, -0.1) is 0 Å². The Morgan fingerprint density at radius 3 is 2.52 bits per heavy atom. The third kappa shape index (κ3) is 6.36. The van der Waals surface area contributed by atoms with Crippen LogP contribution in [0.4, 0.5) is 0 Å². The summed E-state index contributed by atoms with van der Waals surface area (Å²) in [5, 5.41) is 10.3. The molecule has 1 aromatic heterocycles. The van der Waals surface area contributed by atoms with Gasteiger partial charge < -0.3 is 19.2 Å². The summed E-state index contributed by atoms with van der Waals surface area (Å²) >= 11 is 0. The molecule has 3 heterocycles. The first kappa shape index (κ1) is 22.0. The first-order valence-corrected chi connectivity index (χ1v) is 11.2. The largest absolute Gasteiger partial charge is 0.447 e. The van der Waals surface area contributed by atoms with E-state index < -0.39 is 6.10 Å². The van der Waals surface area contributed by atoms with E-state index in [2.05, 4.69) is 14.8 Å². The van der Waals surface area contributed by atoms with Crippen molar-refractivity contribution in [1.29, 1.82) is 0 Å². The molecule has 1 amide bonds. The van der Waals surface area contributed by atoms with E-state index in [9.17, 15) is 9.90 Å². The Morgan fingerprint density at radius 2 is 1.77 bits per heavy atom. The number of hydrogen-bond donors (Lipinski definition) is 1. The monoisotopic (exact) mass is 428 g/mol. The summed E-state index contributed by atoms with van der Waals surface area (Å²) in [7, 11) is 0. The van der Waals surface area contributed by atoms with Gasteiger partial charge in [0.15, 0.2) is 5.69 Å². The summed E-state index contributed by atoms with van der Waals surface area (Å²) in [5.74, 6) is 0.561. The van der Waals surface area contributed by atoms with Crippen LogP contribution in [0.3, 0.4) is 0 Å². The molecule has 2 aliphatic heterocycles. The smallest absolute Gasteiger partial charge is 0.275 e. The number of aliphatic hydroxyl groups excluding tert-OH is 1. The van der Waals surface area contributed by atoms with Crippen LogP contribution >= 0.6 is 0 Å². The van der Waals surface area contributed by atoms with Gasteiger partial charge >= 0.3 is 0 Å². The number of likely N-dealkylation sites (tertiary alicyclic amines) is 1.